The third-order valence-electron chi connectivity index (χ3n) is 4.95. The number of aryl methyl sites for hydroxylation is 1. The van der Waals surface area contributed by atoms with Crippen molar-refractivity contribution < 1.29 is 29.3 Å². The van der Waals surface area contributed by atoms with Gasteiger partial charge in [-0.05, 0) is 54.5 Å². The molecule has 0 aromatic heterocycles. The van der Waals surface area contributed by atoms with Gasteiger partial charge < -0.3 is 25.0 Å². The molecule has 3 aromatic carbocycles. The van der Waals surface area contributed by atoms with Crippen LogP contribution < -0.4 is 20.2 Å². The standard InChI is InChI=1S/C25H21N3O6/c1-15-9-18(29)12-21(30)19(15)13-26-28-25(32)20(27-24(31)17-5-3-2-4-6-17)10-16-7-8-22-23(11-16)34-14-33-22/h2-13,29-30H,14H2,1H3,(H,27,31)(H,28,32)/b20-10+,26-13-. The van der Waals surface area contributed by atoms with Gasteiger partial charge in [0.2, 0.25) is 6.79 Å². The highest BCUT2D eigenvalue weighted by Gasteiger charge is 2.17. The maximum Gasteiger partial charge on any atom is 0.287 e. The number of nitrogens with one attached hydrogen (secondary N) is 2. The number of phenolic OH excluding ortho intramolecular Hbond substituents is 2. The first-order chi connectivity index (χ1) is 16.4. The van der Waals surface area contributed by atoms with Crippen molar-refractivity contribution in [3.63, 3.8) is 0 Å². The van der Waals surface area contributed by atoms with Crippen molar-refractivity contribution in [3.05, 3.63) is 88.6 Å². The van der Waals surface area contributed by atoms with Crippen LogP contribution in [0.15, 0.2) is 71.5 Å². The molecule has 2 amide bonds. The summed E-state index contributed by atoms with van der Waals surface area (Å²) in [6.07, 6.45) is 2.73. The smallest absolute Gasteiger partial charge is 0.287 e. The highest BCUT2D eigenvalue weighted by atomic mass is 16.7. The number of ether oxygens (including phenoxy) is 2. The third kappa shape index (κ3) is 5.16. The van der Waals surface area contributed by atoms with Crippen LogP contribution in [0.2, 0.25) is 0 Å². The minimum Gasteiger partial charge on any atom is -0.508 e. The molecule has 9 heteroatoms. The van der Waals surface area contributed by atoms with Gasteiger partial charge in [0.1, 0.15) is 17.2 Å². The monoisotopic (exact) mass is 459 g/mol. The minimum absolute atomic E-state index is 0.0588. The number of carbonyl (C=O) groups is 2. The van der Waals surface area contributed by atoms with Crippen LogP contribution in [0, 0.1) is 6.92 Å². The minimum atomic E-state index is -0.686. The summed E-state index contributed by atoms with van der Waals surface area (Å²) in [6.45, 7) is 1.78. The first kappa shape index (κ1) is 22.4. The second kappa shape index (κ2) is 9.78. The Morgan fingerprint density at radius 3 is 2.53 bits per heavy atom. The molecule has 0 fully saturated rings. The van der Waals surface area contributed by atoms with Gasteiger partial charge in [0.05, 0.1) is 6.21 Å². The van der Waals surface area contributed by atoms with Crippen molar-refractivity contribution in [1.29, 1.82) is 0 Å². The Hall–Kier alpha value is -4.79. The van der Waals surface area contributed by atoms with E-state index in [1.165, 1.54) is 24.4 Å². The quantitative estimate of drug-likeness (QED) is 0.255. The van der Waals surface area contributed by atoms with E-state index in [2.05, 4.69) is 15.8 Å². The first-order valence-electron chi connectivity index (χ1n) is 10.2. The van der Waals surface area contributed by atoms with Crippen LogP contribution in [-0.4, -0.2) is 35.0 Å². The topological polar surface area (TPSA) is 129 Å². The predicted octanol–water partition coefficient (Wildman–Crippen LogP) is 3.06. The Labute approximate surface area is 195 Å². The van der Waals surface area contributed by atoms with Crippen LogP contribution >= 0.6 is 0 Å². The molecule has 1 heterocycles. The van der Waals surface area contributed by atoms with Crippen molar-refractivity contribution in [2.75, 3.05) is 6.79 Å². The van der Waals surface area contributed by atoms with Gasteiger partial charge in [0, 0.05) is 17.2 Å². The molecule has 3 aromatic rings. The molecule has 0 unspecified atom stereocenters. The number of fused-ring (bicyclic) bond motifs is 1. The van der Waals surface area contributed by atoms with E-state index in [1.54, 1.807) is 55.5 Å². The van der Waals surface area contributed by atoms with E-state index in [0.717, 1.165) is 0 Å². The summed E-state index contributed by atoms with van der Waals surface area (Å²) in [5, 5.41) is 26.1. The number of carbonyl (C=O) groups excluding carboxylic acids is 2. The Kier molecular flexibility index (Phi) is 6.45. The maximum atomic E-state index is 12.9. The fraction of sp³-hybridized carbons (Fsp3) is 0.0800. The van der Waals surface area contributed by atoms with Crippen LogP contribution in [0.25, 0.3) is 6.08 Å². The molecule has 1 aliphatic heterocycles. The van der Waals surface area contributed by atoms with Gasteiger partial charge in [-0.25, -0.2) is 5.43 Å². The average molecular weight is 459 g/mol. The first-order valence-corrected chi connectivity index (χ1v) is 10.2. The van der Waals surface area contributed by atoms with Crippen molar-refractivity contribution in [2.24, 2.45) is 5.10 Å². The highest BCUT2D eigenvalue weighted by molar-refractivity contribution is 6.05. The number of amides is 2. The molecule has 0 saturated heterocycles. The zero-order valence-electron chi connectivity index (χ0n) is 18.1. The van der Waals surface area contributed by atoms with Gasteiger partial charge in [-0.15, -0.1) is 0 Å². The van der Waals surface area contributed by atoms with Crippen LogP contribution in [0.1, 0.15) is 27.0 Å². The second-order valence-corrected chi connectivity index (χ2v) is 7.39. The van der Waals surface area contributed by atoms with Crippen LogP contribution in [0.4, 0.5) is 0 Å². The van der Waals surface area contributed by atoms with Crippen molar-refractivity contribution in [1.82, 2.24) is 10.7 Å². The summed E-state index contributed by atoms with van der Waals surface area (Å²) in [4.78, 5) is 25.6. The van der Waals surface area contributed by atoms with Gasteiger partial charge in [0.25, 0.3) is 11.8 Å². The molecule has 0 atom stereocenters. The molecular formula is C25H21N3O6. The van der Waals surface area contributed by atoms with Gasteiger partial charge >= 0.3 is 0 Å². The molecule has 0 bridgehead atoms. The number of nitrogens with zero attached hydrogens (tertiary/aromatic N) is 1. The number of hydrazone groups is 1. The molecule has 0 radical (unpaired) electrons. The summed E-state index contributed by atoms with van der Waals surface area (Å²) in [6, 6.07) is 16.2. The van der Waals surface area contributed by atoms with Crippen molar-refractivity contribution in [3.8, 4) is 23.0 Å². The van der Waals surface area contributed by atoms with E-state index in [4.69, 9.17) is 9.47 Å². The van der Waals surface area contributed by atoms with Crippen molar-refractivity contribution in [2.45, 2.75) is 6.92 Å². The number of phenols is 2. The normalized spacial score (nSPS) is 12.6. The molecule has 0 spiro atoms. The average Bonchev–Trinajstić information content (AvgIpc) is 3.28. The summed E-state index contributed by atoms with van der Waals surface area (Å²) in [5.41, 5.74) is 4.15. The van der Waals surface area contributed by atoms with Gasteiger partial charge in [0.15, 0.2) is 11.5 Å². The third-order valence-corrected chi connectivity index (χ3v) is 4.95. The Balaban J connectivity index is 1.58. The van der Waals surface area contributed by atoms with Crippen molar-refractivity contribution >= 4 is 24.1 Å². The zero-order valence-corrected chi connectivity index (χ0v) is 18.1. The summed E-state index contributed by atoms with van der Waals surface area (Å²) in [5.74, 6) is -0.324. The van der Waals surface area contributed by atoms with Crippen LogP contribution in [-0.2, 0) is 4.79 Å². The largest absolute Gasteiger partial charge is 0.508 e. The van der Waals surface area contributed by atoms with E-state index in [9.17, 15) is 19.8 Å². The molecule has 4 rings (SSSR count). The lowest BCUT2D eigenvalue weighted by molar-refractivity contribution is -0.117. The Bertz CT molecular complexity index is 1280. The fourth-order valence-electron chi connectivity index (χ4n) is 3.26. The lowest BCUT2D eigenvalue weighted by atomic mass is 10.1. The lowest BCUT2D eigenvalue weighted by Crippen LogP contribution is -2.32. The Morgan fingerprint density at radius 1 is 1.00 bits per heavy atom. The van der Waals surface area contributed by atoms with Crippen LogP contribution in [0.3, 0.4) is 0 Å². The molecule has 4 N–H and O–H groups in total. The highest BCUT2D eigenvalue weighted by Crippen LogP contribution is 2.33. The summed E-state index contributed by atoms with van der Waals surface area (Å²) >= 11 is 0. The number of benzene rings is 3. The molecular weight excluding hydrogens is 438 g/mol. The maximum absolute atomic E-state index is 12.9. The molecule has 0 aliphatic carbocycles. The number of hydrogen-bond donors (Lipinski definition) is 4. The molecule has 34 heavy (non-hydrogen) atoms. The second-order valence-electron chi connectivity index (χ2n) is 7.39. The number of hydrogen-bond acceptors (Lipinski definition) is 7. The molecule has 0 saturated carbocycles. The predicted molar refractivity (Wildman–Crippen MR) is 125 cm³/mol. The van der Waals surface area contributed by atoms with E-state index in [-0.39, 0.29) is 24.0 Å². The van der Waals surface area contributed by atoms with E-state index < -0.39 is 11.8 Å². The van der Waals surface area contributed by atoms with E-state index in [1.807, 2.05) is 0 Å². The number of aromatic hydroxyl groups is 2. The van der Waals surface area contributed by atoms with Gasteiger partial charge in [-0.3, -0.25) is 9.59 Å². The van der Waals surface area contributed by atoms with Gasteiger partial charge in [-0.2, -0.15) is 5.10 Å². The van der Waals surface area contributed by atoms with Gasteiger partial charge in [-0.1, -0.05) is 24.3 Å². The van der Waals surface area contributed by atoms with E-state index in [0.29, 0.717) is 33.8 Å². The number of rotatable bonds is 6. The van der Waals surface area contributed by atoms with Crippen LogP contribution in [0.5, 0.6) is 23.0 Å². The SMILES string of the molecule is Cc1cc(O)cc(O)c1/C=N\NC(=O)/C(=C\c1ccc2c(c1)OCO2)NC(=O)c1ccccc1. The Morgan fingerprint density at radius 2 is 1.76 bits per heavy atom. The van der Waals surface area contributed by atoms with E-state index >= 15 is 0 Å². The lowest BCUT2D eigenvalue weighted by Gasteiger charge is -2.10. The fourth-order valence-corrected chi connectivity index (χ4v) is 3.26. The summed E-state index contributed by atoms with van der Waals surface area (Å²) < 4.78 is 10.7. The summed E-state index contributed by atoms with van der Waals surface area (Å²) in [7, 11) is 0. The molecule has 1 aliphatic rings. The zero-order chi connectivity index (χ0) is 24.1. The molecule has 9 nitrogen and oxygen atoms in total. The molecule has 172 valence electrons.